The van der Waals surface area contributed by atoms with Gasteiger partial charge < -0.3 is 10.1 Å². The topological polar surface area (TPSA) is 34.2 Å². The van der Waals surface area contributed by atoms with E-state index in [0.29, 0.717) is 12.5 Å². The molecule has 0 radical (unpaired) electrons. The minimum absolute atomic E-state index is 0.594. The molecule has 1 heterocycles. The van der Waals surface area contributed by atoms with Gasteiger partial charge in [-0.2, -0.15) is 0 Å². The molecular weight excluding hydrogens is 196 g/mol. The third kappa shape index (κ3) is 4.07. The van der Waals surface area contributed by atoms with Crippen LogP contribution >= 0.6 is 11.3 Å². The van der Waals surface area contributed by atoms with Gasteiger partial charge in [-0.3, -0.25) is 0 Å². The summed E-state index contributed by atoms with van der Waals surface area (Å²) in [4.78, 5) is 5.41. The monoisotopic (exact) mass is 214 g/mol. The zero-order valence-corrected chi connectivity index (χ0v) is 9.86. The number of ether oxygens (including phenoxy) is 1. The second kappa shape index (κ2) is 5.98. The van der Waals surface area contributed by atoms with Gasteiger partial charge in [-0.05, 0) is 12.8 Å². The number of nitrogens with zero attached hydrogens (tertiary/aromatic N) is 1. The molecule has 0 saturated heterocycles. The minimum atomic E-state index is 0.594. The molecule has 0 unspecified atom stereocenters. The summed E-state index contributed by atoms with van der Waals surface area (Å²) in [5.41, 5.74) is 0. The minimum Gasteiger partial charge on any atom is -0.376 e. The van der Waals surface area contributed by atoms with Crippen LogP contribution in [-0.2, 0) is 11.3 Å². The van der Waals surface area contributed by atoms with Gasteiger partial charge in [0.15, 0.2) is 5.13 Å². The Labute approximate surface area is 89.5 Å². The summed E-state index contributed by atoms with van der Waals surface area (Å²) < 4.78 is 5.52. The highest BCUT2D eigenvalue weighted by molar-refractivity contribution is 7.15. The molecule has 0 saturated carbocycles. The summed E-state index contributed by atoms with van der Waals surface area (Å²) >= 11 is 1.66. The highest BCUT2D eigenvalue weighted by atomic mass is 32.1. The van der Waals surface area contributed by atoms with Gasteiger partial charge in [0, 0.05) is 19.3 Å². The molecule has 0 aliphatic rings. The zero-order valence-electron chi connectivity index (χ0n) is 9.04. The Kier molecular flexibility index (Phi) is 4.90. The molecular formula is C10H18N2OS. The van der Waals surface area contributed by atoms with E-state index in [1.54, 1.807) is 11.3 Å². The molecule has 0 fully saturated rings. The summed E-state index contributed by atoms with van der Waals surface area (Å²) in [6, 6.07) is 0. The van der Waals surface area contributed by atoms with Gasteiger partial charge in [0.2, 0.25) is 0 Å². The van der Waals surface area contributed by atoms with Crippen molar-refractivity contribution >= 4 is 16.5 Å². The SMILES string of the molecule is CCNc1ncc(COCC(C)C)s1. The largest absolute Gasteiger partial charge is 0.376 e. The van der Waals surface area contributed by atoms with Crippen LogP contribution in [0.15, 0.2) is 6.20 Å². The Hall–Kier alpha value is -0.610. The summed E-state index contributed by atoms with van der Waals surface area (Å²) in [6.45, 7) is 8.78. The normalized spacial score (nSPS) is 10.9. The number of thiazole rings is 1. The van der Waals surface area contributed by atoms with E-state index in [2.05, 4.69) is 31.1 Å². The molecule has 0 bridgehead atoms. The number of nitrogens with one attached hydrogen (secondary N) is 1. The maximum atomic E-state index is 5.52. The predicted molar refractivity (Wildman–Crippen MR) is 60.8 cm³/mol. The lowest BCUT2D eigenvalue weighted by Gasteiger charge is -2.04. The molecule has 0 amide bonds. The lowest BCUT2D eigenvalue weighted by molar-refractivity contribution is 0.0988. The second-order valence-corrected chi connectivity index (χ2v) is 4.69. The number of anilines is 1. The lowest BCUT2D eigenvalue weighted by Crippen LogP contribution is -2.00. The standard InChI is InChI=1S/C10H18N2OS/c1-4-11-10-12-5-9(14-10)7-13-6-8(2)3/h5,8H,4,6-7H2,1-3H3,(H,11,12). The maximum Gasteiger partial charge on any atom is 0.182 e. The van der Waals surface area contributed by atoms with E-state index in [4.69, 9.17) is 4.74 Å². The van der Waals surface area contributed by atoms with Crippen molar-refractivity contribution in [2.75, 3.05) is 18.5 Å². The average molecular weight is 214 g/mol. The Morgan fingerprint density at radius 3 is 3.00 bits per heavy atom. The van der Waals surface area contributed by atoms with E-state index in [9.17, 15) is 0 Å². The molecule has 4 heteroatoms. The fraction of sp³-hybridized carbons (Fsp3) is 0.700. The summed E-state index contributed by atoms with van der Waals surface area (Å²) in [6.07, 6.45) is 1.88. The Bertz CT molecular complexity index is 260. The molecule has 1 aromatic heterocycles. The molecule has 1 aromatic rings. The lowest BCUT2D eigenvalue weighted by atomic mass is 10.2. The zero-order chi connectivity index (χ0) is 10.4. The first-order valence-electron chi connectivity index (χ1n) is 4.98. The number of hydrogen-bond donors (Lipinski definition) is 1. The molecule has 0 spiro atoms. The quantitative estimate of drug-likeness (QED) is 0.790. The molecule has 14 heavy (non-hydrogen) atoms. The van der Waals surface area contributed by atoms with Crippen LogP contribution in [0.4, 0.5) is 5.13 Å². The Balaban J connectivity index is 2.28. The molecule has 3 nitrogen and oxygen atoms in total. The van der Waals surface area contributed by atoms with Crippen molar-refractivity contribution in [2.24, 2.45) is 5.92 Å². The molecule has 0 aliphatic carbocycles. The van der Waals surface area contributed by atoms with E-state index >= 15 is 0 Å². The fourth-order valence-corrected chi connectivity index (χ4v) is 1.82. The summed E-state index contributed by atoms with van der Waals surface area (Å²) in [7, 11) is 0. The van der Waals surface area contributed by atoms with Crippen molar-refractivity contribution in [3.8, 4) is 0 Å². The van der Waals surface area contributed by atoms with Crippen molar-refractivity contribution in [1.82, 2.24) is 4.98 Å². The van der Waals surface area contributed by atoms with E-state index in [0.717, 1.165) is 18.3 Å². The van der Waals surface area contributed by atoms with Crippen molar-refractivity contribution in [1.29, 1.82) is 0 Å². The van der Waals surface area contributed by atoms with E-state index in [1.165, 1.54) is 4.88 Å². The van der Waals surface area contributed by atoms with Crippen LogP contribution in [0, 0.1) is 5.92 Å². The third-order valence-corrected chi connectivity index (χ3v) is 2.51. The van der Waals surface area contributed by atoms with Gasteiger partial charge in [0.25, 0.3) is 0 Å². The summed E-state index contributed by atoms with van der Waals surface area (Å²) in [5.74, 6) is 0.594. The smallest absolute Gasteiger partial charge is 0.182 e. The summed E-state index contributed by atoms with van der Waals surface area (Å²) in [5, 5.41) is 4.16. The van der Waals surface area contributed by atoms with Gasteiger partial charge in [-0.25, -0.2) is 4.98 Å². The molecule has 0 aliphatic heterocycles. The molecule has 0 aromatic carbocycles. The number of hydrogen-bond acceptors (Lipinski definition) is 4. The molecule has 1 N–H and O–H groups in total. The van der Waals surface area contributed by atoms with Gasteiger partial charge in [-0.15, -0.1) is 0 Å². The van der Waals surface area contributed by atoms with E-state index in [1.807, 2.05) is 6.20 Å². The maximum absolute atomic E-state index is 5.52. The van der Waals surface area contributed by atoms with Gasteiger partial charge >= 0.3 is 0 Å². The van der Waals surface area contributed by atoms with Crippen LogP contribution in [0.2, 0.25) is 0 Å². The van der Waals surface area contributed by atoms with E-state index < -0.39 is 0 Å². The van der Waals surface area contributed by atoms with Crippen molar-refractivity contribution < 1.29 is 4.74 Å². The van der Waals surface area contributed by atoms with Crippen molar-refractivity contribution in [3.05, 3.63) is 11.1 Å². The highest BCUT2D eigenvalue weighted by Gasteiger charge is 2.01. The Morgan fingerprint density at radius 2 is 2.36 bits per heavy atom. The van der Waals surface area contributed by atoms with Crippen LogP contribution in [0.5, 0.6) is 0 Å². The predicted octanol–water partition coefficient (Wildman–Crippen LogP) is 2.75. The van der Waals surface area contributed by atoms with Crippen LogP contribution in [0.25, 0.3) is 0 Å². The first kappa shape index (κ1) is 11.5. The van der Waals surface area contributed by atoms with Crippen LogP contribution in [-0.4, -0.2) is 18.1 Å². The van der Waals surface area contributed by atoms with Crippen molar-refractivity contribution in [2.45, 2.75) is 27.4 Å². The third-order valence-electron chi connectivity index (χ3n) is 1.58. The van der Waals surface area contributed by atoms with E-state index in [-0.39, 0.29) is 0 Å². The van der Waals surface area contributed by atoms with Gasteiger partial charge in [0.05, 0.1) is 11.5 Å². The number of rotatable bonds is 6. The molecule has 1 rings (SSSR count). The first-order valence-corrected chi connectivity index (χ1v) is 5.80. The van der Waals surface area contributed by atoms with Crippen LogP contribution in [0.1, 0.15) is 25.6 Å². The van der Waals surface area contributed by atoms with Crippen molar-refractivity contribution in [3.63, 3.8) is 0 Å². The van der Waals surface area contributed by atoms with Crippen LogP contribution in [0.3, 0.4) is 0 Å². The van der Waals surface area contributed by atoms with Gasteiger partial charge in [-0.1, -0.05) is 25.2 Å². The second-order valence-electron chi connectivity index (χ2n) is 3.57. The number of aromatic nitrogens is 1. The average Bonchev–Trinajstić information content (AvgIpc) is 2.53. The van der Waals surface area contributed by atoms with Gasteiger partial charge in [0.1, 0.15) is 0 Å². The first-order chi connectivity index (χ1) is 6.72. The molecule has 80 valence electrons. The molecule has 0 atom stereocenters. The Morgan fingerprint density at radius 1 is 1.57 bits per heavy atom. The van der Waals surface area contributed by atoms with Crippen LogP contribution < -0.4 is 5.32 Å². The highest BCUT2D eigenvalue weighted by Crippen LogP contribution is 2.18. The fourth-order valence-electron chi connectivity index (χ4n) is 1.00.